The first-order valence-corrected chi connectivity index (χ1v) is 6.79. The number of nitrogens with zero attached hydrogens (tertiary/aromatic N) is 1. The first-order chi connectivity index (χ1) is 9.11. The molecule has 2 amide bonds. The molecule has 0 radical (unpaired) electrons. The molecule has 4 heteroatoms. The van der Waals surface area contributed by atoms with Gasteiger partial charge < -0.3 is 10.2 Å². The third kappa shape index (κ3) is 3.13. The van der Waals surface area contributed by atoms with Gasteiger partial charge in [0.1, 0.15) is 6.04 Å². The first kappa shape index (κ1) is 13.6. The Bertz CT molecular complexity index is 485. The molecule has 1 aromatic carbocycles. The topological polar surface area (TPSA) is 49.4 Å². The predicted molar refractivity (Wildman–Crippen MR) is 75.0 cm³/mol. The number of carbonyl (C=O) groups is 2. The van der Waals surface area contributed by atoms with Crippen molar-refractivity contribution in [1.82, 2.24) is 5.32 Å². The first-order valence-electron chi connectivity index (χ1n) is 6.79. The quantitative estimate of drug-likeness (QED) is 0.904. The fourth-order valence-electron chi connectivity index (χ4n) is 2.38. The molecule has 1 atom stereocenters. The van der Waals surface area contributed by atoms with Crippen LogP contribution in [0.2, 0.25) is 0 Å². The summed E-state index contributed by atoms with van der Waals surface area (Å²) in [4.78, 5) is 25.9. The number of nitrogens with one attached hydrogen (secondary N) is 1. The van der Waals surface area contributed by atoms with E-state index in [1.54, 1.807) is 4.90 Å². The molecule has 0 aliphatic carbocycles. The normalized spacial score (nSPS) is 20.1. The lowest BCUT2D eigenvalue weighted by molar-refractivity contribution is -0.125. The Kier molecular flexibility index (Phi) is 4.20. The molecular formula is C15H20N2O2. The number of aryl methyl sites for hydroxylation is 1. The number of hydrogen-bond acceptors (Lipinski definition) is 2. The Hall–Kier alpha value is -1.84. The standard InChI is InChI=1S/C15H20N2O2/c1-3-5-13-15(19)17(9-8-14(18)16-13)12-7-4-6-11(2)10-12/h4,6-7,10,13H,3,5,8-9H2,1-2H3,(H,16,18). The predicted octanol–water partition coefficient (Wildman–Crippen LogP) is 2.02. The van der Waals surface area contributed by atoms with Crippen molar-refractivity contribution in [3.8, 4) is 0 Å². The van der Waals surface area contributed by atoms with Gasteiger partial charge in [-0.25, -0.2) is 0 Å². The maximum absolute atomic E-state index is 12.5. The van der Waals surface area contributed by atoms with E-state index < -0.39 is 0 Å². The van der Waals surface area contributed by atoms with Gasteiger partial charge in [-0.3, -0.25) is 9.59 Å². The second-order valence-corrected chi connectivity index (χ2v) is 4.99. The molecule has 1 saturated heterocycles. The Morgan fingerprint density at radius 2 is 2.16 bits per heavy atom. The van der Waals surface area contributed by atoms with Crippen molar-refractivity contribution in [2.45, 2.75) is 39.2 Å². The van der Waals surface area contributed by atoms with E-state index >= 15 is 0 Å². The lowest BCUT2D eigenvalue weighted by atomic mass is 10.1. The van der Waals surface area contributed by atoms with Gasteiger partial charge in [0.15, 0.2) is 0 Å². The molecule has 1 heterocycles. The van der Waals surface area contributed by atoms with E-state index in [1.807, 2.05) is 38.1 Å². The fourth-order valence-corrected chi connectivity index (χ4v) is 2.38. The molecule has 0 saturated carbocycles. The summed E-state index contributed by atoms with van der Waals surface area (Å²) in [5.74, 6) is -0.0414. The molecule has 0 aromatic heterocycles. The summed E-state index contributed by atoms with van der Waals surface area (Å²) in [6, 6.07) is 7.45. The van der Waals surface area contributed by atoms with Crippen LogP contribution in [0.4, 0.5) is 5.69 Å². The average Bonchev–Trinajstić information content (AvgIpc) is 2.51. The van der Waals surface area contributed by atoms with Gasteiger partial charge in [-0.2, -0.15) is 0 Å². The second kappa shape index (κ2) is 5.87. The highest BCUT2D eigenvalue weighted by Gasteiger charge is 2.29. The summed E-state index contributed by atoms with van der Waals surface area (Å²) >= 11 is 0. The Morgan fingerprint density at radius 1 is 1.37 bits per heavy atom. The van der Waals surface area contributed by atoms with E-state index in [0.717, 1.165) is 17.7 Å². The zero-order chi connectivity index (χ0) is 13.8. The van der Waals surface area contributed by atoms with Crippen LogP contribution in [-0.2, 0) is 9.59 Å². The summed E-state index contributed by atoms with van der Waals surface area (Å²) in [7, 11) is 0. The van der Waals surface area contributed by atoms with Crippen LogP contribution in [0.25, 0.3) is 0 Å². The van der Waals surface area contributed by atoms with Crippen LogP contribution in [0.1, 0.15) is 31.7 Å². The molecule has 1 aliphatic heterocycles. The highest BCUT2D eigenvalue weighted by molar-refractivity contribution is 6.01. The monoisotopic (exact) mass is 260 g/mol. The number of rotatable bonds is 3. The summed E-state index contributed by atoms with van der Waals surface area (Å²) in [6.45, 7) is 4.47. The van der Waals surface area contributed by atoms with Gasteiger partial charge in [0.25, 0.3) is 0 Å². The number of benzene rings is 1. The fraction of sp³-hybridized carbons (Fsp3) is 0.467. The number of amides is 2. The van der Waals surface area contributed by atoms with E-state index in [0.29, 0.717) is 19.4 Å². The number of anilines is 1. The Labute approximate surface area is 113 Å². The zero-order valence-electron chi connectivity index (χ0n) is 11.5. The highest BCUT2D eigenvalue weighted by atomic mass is 16.2. The third-order valence-corrected chi connectivity index (χ3v) is 3.35. The molecule has 1 fully saturated rings. The maximum atomic E-state index is 12.5. The van der Waals surface area contributed by atoms with Gasteiger partial charge in [-0.15, -0.1) is 0 Å². The molecule has 1 unspecified atom stereocenters. The lowest BCUT2D eigenvalue weighted by Crippen LogP contribution is -2.44. The van der Waals surface area contributed by atoms with Crippen LogP contribution in [0.15, 0.2) is 24.3 Å². The van der Waals surface area contributed by atoms with Crippen LogP contribution in [0.3, 0.4) is 0 Å². The van der Waals surface area contributed by atoms with Gasteiger partial charge in [0.05, 0.1) is 0 Å². The van der Waals surface area contributed by atoms with Crippen LogP contribution in [0.5, 0.6) is 0 Å². The van der Waals surface area contributed by atoms with Crippen molar-refractivity contribution < 1.29 is 9.59 Å². The number of carbonyl (C=O) groups excluding carboxylic acids is 2. The van der Waals surface area contributed by atoms with E-state index in [2.05, 4.69) is 5.32 Å². The van der Waals surface area contributed by atoms with Crippen molar-refractivity contribution in [3.05, 3.63) is 29.8 Å². The van der Waals surface area contributed by atoms with Crippen LogP contribution < -0.4 is 10.2 Å². The molecular weight excluding hydrogens is 240 g/mol. The Balaban J connectivity index is 2.28. The van der Waals surface area contributed by atoms with Crippen molar-refractivity contribution in [2.75, 3.05) is 11.4 Å². The molecule has 1 N–H and O–H groups in total. The van der Waals surface area contributed by atoms with Gasteiger partial charge >= 0.3 is 0 Å². The Morgan fingerprint density at radius 3 is 2.84 bits per heavy atom. The van der Waals surface area contributed by atoms with Crippen molar-refractivity contribution in [1.29, 1.82) is 0 Å². The third-order valence-electron chi connectivity index (χ3n) is 3.35. The van der Waals surface area contributed by atoms with E-state index in [4.69, 9.17) is 0 Å². The molecule has 19 heavy (non-hydrogen) atoms. The molecule has 102 valence electrons. The molecule has 0 spiro atoms. The summed E-state index contributed by atoms with van der Waals surface area (Å²) < 4.78 is 0. The van der Waals surface area contributed by atoms with Gasteiger partial charge in [-0.1, -0.05) is 25.5 Å². The average molecular weight is 260 g/mol. The van der Waals surface area contributed by atoms with E-state index in [1.165, 1.54) is 0 Å². The summed E-state index contributed by atoms with van der Waals surface area (Å²) in [6.07, 6.45) is 1.92. The lowest BCUT2D eigenvalue weighted by Gasteiger charge is -2.24. The molecule has 1 aromatic rings. The second-order valence-electron chi connectivity index (χ2n) is 4.99. The molecule has 0 bridgehead atoms. The summed E-state index contributed by atoms with van der Waals surface area (Å²) in [5.41, 5.74) is 1.99. The minimum absolute atomic E-state index is 0.00157. The summed E-state index contributed by atoms with van der Waals surface area (Å²) in [5, 5.41) is 2.81. The van der Waals surface area contributed by atoms with E-state index in [-0.39, 0.29) is 17.9 Å². The SMILES string of the molecule is CCCC1NC(=O)CCN(c2cccc(C)c2)C1=O. The minimum atomic E-state index is -0.388. The maximum Gasteiger partial charge on any atom is 0.249 e. The van der Waals surface area contributed by atoms with Crippen molar-refractivity contribution in [2.24, 2.45) is 0 Å². The van der Waals surface area contributed by atoms with Crippen LogP contribution >= 0.6 is 0 Å². The molecule has 4 nitrogen and oxygen atoms in total. The smallest absolute Gasteiger partial charge is 0.249 e. The van der Waals surface area contributed by atoms with Gasteiger partial charge in [-0.05, 0) is 31.0 Å². The highest BCUT2D eigenvalue weighted by Crippen LogP contribution is 2.20. The van der Waals surface area contributed by atoms with Gasteiger partial charge in [0, 0.05) is 18.7 Å². The minimum Gasteiger partial charge on any atom is -0.344 e. The van der Waals surface area contributed by atoms with E-state index in [9.17, 15) is 9.59 Å². The number of hydrogen-bond donors (Lipinski definition) is 1. The van der Waals surface area contributed by atoms with Crippen molar-refractivity contribution in [3.63, 3.8) is 0 Å². The zero-order valence-corrected chi connectivity index (χ0v) is 11.5. The largest absolute Gasteiger partial charge is 0.344 e. The van der Waals surface area contributed by atoms with Crippen molar-refractivity contribution >= 4 is 17.5 Å². The van der Waals surface area contributed by atoms with Crippen LogP contribution in [0, 0.1) is 6.92 Å². The van der Waals surface area contributed by atoms with Gasteiger partial charge in [0.2, 0.25) is 11.8 Å². The molecule has 2 rings (SSSR count). The molecule has 1 aliphatic rings. The van der Waals surface area contributed by atoms with Crippen LogP contribution in [-0.4, -0.2) is 24.4 Å².